The minimum atomic E-state index is -3.45. The quantitative estimate of drug-likeness (QED) is 0.819. The van der Waals surface area contributed by atoms with E-state index < -0.39 is 10.0 Å². The van der Waals surface area contributed by atoms with Gasteiger partial charge in [0.1, 0.15) is 0 Å². The van der Waals surface area contributed by atoms with Gasteiger partial charge in [0, 0.05) is 19.6 Å². The highest BCUT2D eigenvalue weighted by Gasteiger charge is 2.18. The molecule has 1 aliphatic heterocycles. The Kier molecular flexibility index (Phi) is 5.54. The number of aryl methyl sites for hydroxylation is 1. The SMILES string of the molecule is CCCc1ccc(S(=O)(=O)NCC2CNCCO2)cc1. The lowest BCUT2D eigenvalue weighted by Crippen LogP contribution is -2.45. The Morgan fingerprint density at radius 2 is 2.10 bits per heavy atom. The Balaban J connectivity index is 1.94. The fourth-order valence-electron chi connectivity index (χ4n) is 2.16. The molecule has 6 heteroatoms. The fourth-order valence-corrected chi connectivity index (χ4v) is 3.23. The minimum absolute atomic E-state index is 0.0992. The van der Waals surface area contributed by atoms with Gasteiger partial charge in [0.05, 0.1) is 17.6 Å². The molecule has 1 fully saturated rings. The Bertz CT molecular complexity index is 508. The molecule has 1 unspecified atom stereocenters. The van der Waals surface area contributed by atoms with Gasteiger partial charge in [-0.15, -0.1) is 0 Å². The van der Waals surface area contributed by atoms with Crippen LogP contribution in [0.2, 0.25) is 0 Å². The highest BCUT2D eigenvalue weighted by molar-refractivity contribution is 7.89. The standard InChI is InChI=1S/C14H22N2O3S/c1-2-3-12-4-6-14(7-5-12)20(17,18)16-11-13-10-15-8-9-19-13/h4-7,13,15-16H,2-3,8-11H2,1H3. The third-order valence-corrected chi connectivity index (χ3v) is 4.72. The van der Waals surface area contributed by atoms with Crippen molar-refractivity contribution in [1.29, 1.82) is 0 Å². The number of morpholine rings is 1. The zero-order valence-electron chi connectivity index (χ0n) is 11.8. The van der Waals surface area contributed by atoms with Crippen LogP contribution in [0, 0.1) is 0 Å². The van der Waals surface area contributed by atoms with Crippen molar-refractivity contribution in [2.24, 2.45) is 0 Å². The summed E-state index contributed by atoms with van der Waals surface area (Å²) in [6.45, 7) is 4.52. The molecule has 1 aromatic rings. The van der Waals surface area contributed by atoms with E-state index in [1.807, 2.05) is 12.1 Å². The number of hydrogen-bond donors (Lipinski definition) is 2. The predicted molar refractivity (Wildman–Crippen MR) is 78.2 cm³/mol. The molecule has 1 saturated heterocycles. The van der Waals surface area contributed by atoms with Crippen LogP contribution in [-0.4, -0.2) is 40.8 Å². The average molecular weight is 298 g/mol. The van der Waals surface area contributed by atoms with E-state index in [2.05, 4.69) is 17.0 Å². The molecule has 0 saturated carbocycles. The van der Waals surface area contributed by atoms with Gasteiger partial charge in [-0.1, -0.05) is 25.5 Å². The van der Waals surface area contributed by atoms with Crippen molar-refractivity contribution in [2.45, 2.75) is 30.8 Å². The summed E-state index contributed by atoms with van der Waals surface area (Å²) in [6, 6.07) is 7.06. The highest BCUT2D eigenvalue weighted by Crippen LogP contribution is 2.12. The molecular formula is C14H22N2O3S. The van der Waals surface area contributed by atoms with Gasteiger partial charge in [-0.25, -0.2) is 13.1 Å². The van der Waals surface area contributed by atoms with Gasteiger partial charge in [0.25, 0.3) is 0 Å². The zero-order valence-corrected chi connectivity index (χ0v) is 12.6. The first kappa shape index (κ1) is 15.4. The van der Waals surface area contributed by atoms with Gasteiger partial charge < -0.3 is 10.1 Å². The van der Waals surface area contributed by atoms with E-state index in [0.29, 0.717) is 24.6 Å². The van der Waals surface area contributed by atoms with Crippen molar-refractivity contribution in [3.8, 4) is 0 Å². The van der Waals surface area contributed by atoms with Gasteiger partial charge in [0.2, 0.25) is 10.0 Å². The molecule has 0 aromatic heterocycles. The molecule has 2 rings (SSSR count). The lowest BCUT2D eigenvalue weighted by Gasteiger charge is -2.23. The molecule has 0 spiro atoms. The topological polar surface area (TPSA) is 67.4 Å². The second kappa shape index (κ2) is 7.17. The van der Waals surface area contributed by atoms with Crippen LogP contribution in [0.15, 0.2) is 29.2 Å². The van der Waals surface area contributed by atoms with Crippen LogP contribution < -0.4 is 10.0 Å². The number of rotatable bonds is 6. The van der Waals surface area contributed by atoms with Crippen molar-refractivity contribution in [1.82, 2.24) is 10.0 Å². The summed E-state index contributed by atoms with van der Waals surface area (Å²) in [5.41, 5.74) is 1.16. The molecule has 20 heavy (non-hydrogen) atoms. The van der Waals surface area contributed by atoms with Crippen LogP contribution in [0.3, 0.4) is 0 Å². The van der Waals surface area contributed by atoms with Crippen LogP contribution in [0.4, 0.5) is 0 Å². The first-order valence-electron chi connectivity index (χ1n) is 7.03. The summed E-state index contributed by atoms with van der Waals surface area (Å²) < 4.78 is 32.4. The third-order valence-electron chi connectivity index (χ3n) is 3.28. The Hall–Kier alpha value is -0.950. The smallest absolute Gasteiger partial charge is 0.240 e. The van der Waals surface area contributed by atoms with Crippen LogP contribution in [-0.2, 0) is 21.2 Å². The average Bonchev–Trinajstić information content (AvgIpc) is 2.47. The van der Waals surface area contributed by atoms with Crippen LogP contribution >= 0.6 is 0 Å². The van der Waals surface area contributed by atoms with Crippen molar-refractivity contribution in [2.75, 3.05) is 26.2 Å². The lowest BCUT2D eigenvalue weighted by molar-refractivity contribution is 0.0324. The molecule has 1 aromatic carbocycles. The second-order valence-corrected chi connectivity index (χ2v) is 6.71. The third kappa shape index (κ3) is 4.28. The van der Waals surface area contributed by atoms with E-state index in [-0.39, 0.29) is 6.10 Å². The molecule has 1 aliphatic rings. The summed E-state index contributed by atoms with van der Waals surface area (Å²) in [6.07, 6.45) is 1.92. The largest absolute Gasteiger partial charge is 0.374 e. The van der Waals surface area contributed by atoms with E-state index in [1.165, 1.54) is 0 Å². The van der Waals surface area contributed by atoms with E-state index in [1.54, 1.807) is 12.1 Å². The van der Waals surface area contributed by atoms with Gasteiger partial charge in [-0.3, -0.25) is 0 Å². The van der Waals surface area contributed by atoms with Crippen molar-refractivity contribution < 1.29 is 13.2 Å². The van der Waals surface area contributed by atoms with E-state index in [0.717, 1.165) is 24.9 Å². The van der Waals surface area contributed by atoms with E-state index in [9.17, 15) is 8.42 Å². The summed E-state index contributed by atoms with van der Waals surface area (Å²) in [5.74, 6) is 0. The maximum atomic E-state index is 12.2. The molecule has 0 bridgehead atoms. The van der Waals surface area contributed by atoms with E-state index >= 15 is 0 Å². The summed E-state index contributed by atoms with van der Waals surface area (Å²) in [4.78, 5) is 0.307. The molecule has 5 nitrogen and oxygen atoms in total. The number of nitrogens with one attached hydrogen (secondary N) is 2. The zero-order chi connectivity index (χ0) is 14.4. The summed E-state index contributed by atoms with van der Waals surface area (Å²) in [7, 11) is -3.45. The first-order chi connectivity index (χ1) is 9.62. The van der Waals surface area contributed by atoms with Crippen LogP contribution in [0.5, 0.6) is 0 Å². The monoisotopic (exact) mass is 298 g/mol. The van der Waals surface area contributed by atoms with Crippen molar-refractivity contribution >= 4 is 10.0 Å². The van der Waals surface area contributed by atoms with Crippen molar-refractivity contribution in [3.05, 3.63) is 29.8 Å². The Morgan fingerprint density at radius 1 is 1.35 bits per heavy atom. The van der Waals surface area contributed by atoms with Crippen molar-refractivity contribution in [3.63, 3.8) is 0 Å². The normalized spacial score (nSPS) is 19.9. The van der Waals surface area contributed by atoms with Gasteiger partial charge in [0.15, 0.2) is 0 Å². The van der Waals surface area contributed by atoms with E-state index in [4.69, 9.17) is 4.74 Å². The highest BCUT2D eigenvalue weighted by atomic mass is 32.2. The molecule has 1 atom stereocenters. The lowest BCUT2D eigenvalue weighted by atomic mass is 10.1. The van der Waals surface area contributed by atoms with Gasteiger partial charge >= 0.3 is 0 Å². The first-order valence-corrected chi connectivity index (χ1v) is 8.51. The minimum Gasteiger partial charge on any atom is -0.374 e. The van der Waals surface area contributed by atoms with Gasteiger partial charge in [-0.05, 0) is 24.1 Å². The summed E-state index contributed by atoms with van der Waals surface area (Å²) >= 11 is 0. The second-order valence-electron chi connectivity index (χ2n) is 4.94. The molecule has 112 valence electrons. The fraction of sp³-hybridized carbons (Fsp3) is 0.571. The number of ether oxygens (including phenoxy) is 1. The maximum Gasteiger partial charge on any atom is 0.240 e. The summed E-state index contributed by atoms with van der Waals surface area (Å²) in [5, 5.41) is 3.17. The maximum absolute atomic E-state index is 12.2. The number of sulfonamides is 1. The Labute approximate surface area is 120 Å². The molecule has 0 aliphatic carbocycles. The molecule has 0 amide bonds. The predicted octanol–water partition coefficient (Wildman–Crippen LogP) is 0.906. The van der Waals surface area contributed by atoms with Gasteiger partial charge in [-0.2, -0.15) is 0 Å². The number of benzene rings is 1. The van der Waals surface area contributed by atoms with Crippen LogP contribution in [0.1, 0.15) is 18.9 Å². The number of hydrogen-bond acceptors (Lipinski definition) is 4. The molecule has 0 radical (unpaired) electrons. The molecular weight excluding hydrogens is 276 g/mol. The van der Waals surface area contributed by atoms with Crippen LogP contribution in [0.25, 0.3) is 0 Å². The Morgan fingerprint density at radius 3 is 2.70 bits per heavy atom. The molecule has 2 N–H and O–H groups in total. The molecule has 1 heterocycles.